The van der Waals surface area contributed by atoms with Crippen molar-refractivity contribution in [3.05, 3.63) is 54.1 Å². The monoisotopic (exact) mass is 339 g/mol. The van der Waals surface area contributed by atoms with Gasteiger partial charge in [-0.25, -0.2) is 0 Å². The Bertz CT molecular complexity index is 729. The van der Waals surface area contributed by atoms with E-state index in [1.54, 1.807) is 4.90 Å². The van der Waals surface area contributed by atoms with Crippen molar-refractivity contribution in [2.24, 2.45) is 0 Å². The molecule has 0 fully saturated rings. The Balaban J connectivity index is 2.04. The smallest absolute Gasteiger partial charge is 0.246 e. The van der Waals surface area contributed by atoms with Gasteiger partial charge in [-0.05, 0) is 43.7 Å². The predicted molar refractivity (Wildman–Crippen MR) is 103 cm³/mol. The summed E-state index contributed by atoms with van der Waals surface area (Å²) in [6.07, 6.45) is 0.429. The maximum absolute atomic E-state index is 12.5. The molecule has 0 aromatic heterocycles. The minimum Gasteiger partial charge on any atom is -0.376 e. The lowest BCUT2D eigenvalue weighted by atomic mass is 10.1. The first kappa shape index (κ1) is 18.5. The quantitative estimate of drug-likeness (QED) is 0.806. The second-order valence-corrected chi connectivity index (χ2v) is 5.76. The Labute approximate surface area is 149 Å². The normalized spacial score (nSPS) is 10.2. The maximum atomic E-state index is 12.5. The van der Waals surface area contributed by atoms with Crippen LogP contribution in [0.25, 0.3) is 0 Å². The van der Waals surface area contributed by atoms with Gasteiger partial charge < -0.3 is 15.5 Å². The van der Waals surface area contributed by atoms with Crippen LogP contribution in [0.1, 0.15) is 25.8 Å². The minimum absolute atomic E-state index is 0.00609. The molecule has 0 bridgehead atoms. The number of benzene rings is 2. The van der Waals surface area contributed by atoms with E-state index in [-0.39, 0.29) is 18.4 Å². The molecule has 0 unspecified atom stereocenters. The molecule has 0 radical (unpaired) electrons. The van der Waals surface area contributed by atoms with Gasteiger partial charge in [0.2, 0.25) is 11.8 Å². The molecular formula is C20H25N3O2. The number of para-hydroxylation sites is 1. The van der Waals surface area contributed by atoms with Gasteiger partial charge in [-0.3, -0.25) is 9.59 Å². The van der Waals surface area contributed by atoms with Gasteiger partial charge in [0.25, 0.3) is 0 Å². The third-order valence-electron chi connectivity index (χ3n) is 3.96. The number of likely N-dealkylation sites (N-methyl/N-ethyl adjacent to an activating group) is 1. The number of nitrogens with one attached hydrogen (secondary N) is 2. The zero-order chi connectivity index (χ0) is 18.2. The summed E-state index contributed by atoms with van der Waals surface area (Å²) in [5.74, 6) is -0.0361. The first-order chi connectivity index (χ1) is 12.0. The number of hydrogen-bond donors (Lipinski definition) is 2. The zero-order valence-corrected chi connectivity index (χ0v) is 15.0. The first-order valence-electron chi connectivity index (χ1n) is 8.55. The number of amides is 2. The average molecular weight is 339 g/mol. The molecule has 25 heavy (non-hydrogen) atoms. The number of carbonyl (C=O) groups is 2. The second kappa shape index (κ2) is 8.87. The van der Waals surface area contributed by atoms with Crippen molar-refractivity contribution in [2.45, 2.75) is 27.2 Å². The molecule has 2 rings (SSSR count). The van der Waals surface area contributed by atoms with Crippen molar-refractivity contribution in [3.8, 4) is 0 Å². The molecule has 0 spiro atoms. The lowest BCUT2D eigenvalue weighted by molar-refractivity contribution is -0.117. The highest BCUT2D eigenvalue weighted by Crippen LogP contribution is 2.21. The predicted octanol–water partition coefficient (Wildman–Crippen LogP) is 3.81. The zero-order valence-electron chi connectivity index (χ0n) is 15.0. The third-order valence-corrected chi connectivity index (χ3v) is 3.96. The number of carbonyl (C=O) groups excluding carboxylic acids is 2. The fourth-order valence-electron chi connectivity index (χ4n) is 2.49. The van der Waals surface area contributed by atoms with E-state index >= 15 is 0 Å². The van der Waals surface area contributed by atoms with E-state index in [1.807, 2.05) is 69.3 Å². The minimum atomic E-state index is -0.0300. The molecule has 2 aromatic rings. The summed E-state index contributed by atoms with van der Waals surface area (Å²) >= 11 is 0. The SMILES string of the molecule is CCC(=O)Nc1cc(NCC(=O)N(CC)c2ccccc2)ccc1C. The van der Waals surface area contributed by atoms with Crippen LogP contribution >= 0.6 is 0 Å². The summed E-state index contributed by atoms with van der Waals surface area (Å²) in [7, 11) is 0. The molecule has 0 aliphatic rings. The van der Waals surface area contributed by atoms with Gasteiger partial charge in [0.1, 0.15) is 0 Å². The van der Waals surface area contributed by atoms with Crippen molar-refractivity contribution < 1.29 is 9.59 Å². The molecule has 2 amide bonds. The topological polar surface area (TPSA) is 61.4 Å². The third kappa shape index (κ3) is 5.08. The van der Waals surface area contributed by atoms with Crippen molar-refractivity contribution in [2.75, 3.05) is 28.6 Å². The summed E-state index contributed by atoms with van der Waals surface area (Å²) in [5.41, 5.74) is 3.43. The second-order valence-electron chi connectivity index (χ2n) is 5.76. The van der Waals surface area contributed by atoms with Crippen molar-refractivity contribution in [1.29, 1.82) is 0 Å². The Hall–Kier alpha value is -2.82. The largest absolute Gasteiger partial charge is 0.376 e. The van der Waals surface area contributed by atoms with Crippen LogP contribution in [0.2, 0.25) is 0 Å². The van der Waals surface area contributed by atoms with Gasteiger partial charge in [-0.15, -0.1) is 0 Å². The molecule has 0 heterocycles. The van der Waals surface area contributed by atoms with Crippen molar-refractivity contribution >= 4 is 28.9 Å². The molecule has 5 nitrogen and oxygen atoms in total. The number of rotatable bonds is 7. The fourth-order valence-corrected chi connectivity index (χ4v) is 2.49. The highest BCUT2D eigenvalue weighted by atomic mass is 16.2. The molecule has 0 atom stereocenters. The van der Waals surface area contributed by atoms with E-state index in [2.05, 4.69) is 10.6 Å². The lowest BCUT2D eigenvalue weighted by Gasteiger charge is -2.21. The van der Waals surface area contributed by atoms with Crippen LogP contribution in [-0.4, -0.2) is 24.9 Å². The first-order valence-corrected chi connectivity index (χ1v) is 8.55. The number of anilines is 3. The van der Waals surface area contributed by atoms with E-state index in [9.17, 15) is 9.59 Å². The summed E-state index contributed by atoms with van der Waals surface area (Å²) in [5, 5.41) is 6.02. The standard InChI is InChI=1S/C20H25N3O2/c1-4-19(24)22-18-13-16(12-11-15(18)3)21-14-20(25)23(5-2)17-9-7-6-8-10-17/h6-13,21H,4-5,14H2,1-3H3,(H,22,24). The molecule has 132 valence electrons. The number of aryl methyl sites for hydroxylation is 1. The van der Waals surface area contributed by atoms with Crippen LogP contribution in [0.15, 0.2) is 48.5 Å². The Morgan fingerprint density at radius 2 is 1.76 bits per heavy atom. The lowest BCUT2D eigenvalue weighted by Crippen LogP contribution is -2.35. The molecule has 0 aliphatic carbocycles. The molecule has 0 saturated carbocycles. The van der Waals surface area contributed by atoms with Crippen LogP contribution in [0.4, 0.5) is 17.1 Å². The molecule has 2 aromatic carbocycles. The van der Waals surface area contributed by atoms with Gasteiger partial charge in [0.15, 0.2) is 0 Å². The van der Waals surface area contributed by atoms with Gasteiger partial charge >= 0.3 is 0 Å². The Kier molecular flexibility index (Phi) is 6.57. The van der Waals surface area contributed by atoms with Crippen molar-refractivity contribution in [3.63, 3.8) is 0 Å². The van der Waals surface area contributed by atoms with E-state index in [1.165, 1.54) is 0 Å². The van der Waals surface area contributed by atoms with Gasteiger partial charge in [-0.1, -0.05) is 31.2 Å². The molecule has 0 aliphatic heterocycles. The summed E-state index contributed by atoms with van der Waals surface area (Å²) in [4.78, 5) is 25.9. The van der Waals surface area contributed by atoms with Crippen LogP contribution in [-0.2, 0) is 9.59 Å². The fraction of sp³-hybridized carbons (Fsp3) is 0.300. The highest BCUT2D eigenvalue weighted by Gasteiger charge is 2.13. The van der Waals surface area contributed by atoms with E-state index in [4.69, 9.17) is 0 Å². The van der Waals surface area contributed by atoms with E-state index in [0.717, 1.165) is 22.6 Å². The Morgan fingerprint density at radius 3 is 2.40 bits per heavy atom. The van der Waals surface area contributed by atoms with E-state index in [0.29, 0.717) is 13.0 Å². The van der Waals surface area contributed by atoms with Gasteiger partial charge in [0.05, 0.1) is 6.54 Å². The number of nitrogens with zero attached hydrogens (tertiary/aromatic N) is 1. The molecule has 2 N–H and O–H groups in total. The number of hydrogen-bond acceptors (Lipinski definition) is 3. The molecular weight excluding hydrogens is 314 g/mol. The van der Waals surface area contributed by atoms with Gasteiger partial charge in [-0.2, -0.15) is 0 Å². The molecule has 5 heteroatoms. The van der Waals surface area contributed by atoms with Crippen LogP contribution in [0.5, 0.6) is 0 Å². The summed E-state index contributed by atoms with van der Waals surface area (Å²) < 4.78 is 0. The summed E-state index contributed by atoms with van der Waals surface area (Å²) in [6, 6.07) is 15.3. The Morgan fingerprint density at radius 1 is 1.04 bits per heavy atom. The van der Waals surface area contributed by atoms with Crippen LogP contribution in [0.3, 0.4) is 0 Å². The van der Waals surface area contributed by atoms with Crippen molar-refractivity contribution in [1.82, 2.24) is 0 Å². The average Bonchev–Trinajstić information content (AvgIpc) is 2.63. The van der Waals surface area contributed by atoms with Gasteiger partial charge in [0, 0.05) is 30.0 Å². The van der Waals surface area contributed by atoms with E-state index < -0.39 is 0 Å². The van der Waals surface area contributed by atoms with Crippen LogP contribution in [0, 0.1) is 6.92 Å². The highest BCUT2D eigenvalue weighted by molar-refractivity contribution is 5.96. The maximum Gasteiger partial charge on any atom is 0.246 e. The van der Waals surface area contributed by atoms with Crippen LogP contribution < -0.4 is 15.5 Å². The molecule has 0 saturated heterocycles. The summed E-state index contributed by atoms with van der Waals surface area (Å²) in [6.45, 7) is 6.50.